The SMILES string of the molecule is CC(CO)N(C(=O)OCc1ccccc1)C1CC1. The normalized spacial score (nSPS) is 16.1. The first-order valence-corrected chi connectivity index (χ1v) is 6.32. The first-order valence-electron chi connectivity index (χ1n) is 6.32. The van der Waals surface area contributed by atoms with Crippen molar-refractivity contribution in [2.45, 2.75) is 38.5 Å². The Bertz CT molecular complexity index is 389. The molecule has 1 saturated carbocycles. The number of carbonyl (C=O) groups is 1. The Morgan fingerprint density at radius 2 is 2.11 bits per heavy atom. The fourth-order valence-electron chi connectivity index (χ4n) is 1.92. The van der Waals surface area contributed by atoms with Gasteiger partial charge in [-0.1, -0.05) is 30.3 Å². The highest BCUT2D eigenvalue weighted by atomic mass is 16.6. The van der Waals surface area contributed by atoms with E-state index in [0.29, 0.717) is 0 Å². The molecular weight excluding hydrogens is 230 g/mol. The number of aliphatic hydroxyl groups is 1. The molecule has 0 aromatic heterocycles. The van der Waals surface area contributed by atoms with E-state index in [1.165, 1.54) is 0 Å². The van der Waals surface area contributed by atoms with Gasteiger partial charge < -0.3 is 14.7 Å². The number of rotatable bonds is 5. The predicted molar refractivity (Wildman–Crippen MR) is 68.0 cm³/mol. The monoisotopic (exact) mass is 249 g/mol. The number of benzene rings is 1. The molecule has 1 fully saturated rings. The molecular formula is C14H19NO3. The van der Waals surface area contributed by atoms with E-state index in [2.05, 4.69) is 0 Å². The first kappa shape index (κ1) is 12.9. The molecule has 4 nitrogen and oxygen atoms in total. The minimum Gasteiger partial charge on any atom is -0.445 e. The zero-order chi connectivity index (χ0) is 13.0. The predicted octanol–water partition coefficient (Wildman–Crippen LogP) is 2.17. The standard InChI is InChI=1S/C14H19NO3/c1-11(9-16)15(13-7-8-13)14(17)18-10-12-5-3-2-4-6-12/h2-6,11,13,16H,7-10H2,1H3. The zero-order valence-corrected chi connectivity index (χ0v) is 10.6. The number of ether oxygens (including phenoxy) is 1. The Morgan fingerprint density at radius 3 is 2.67 bits per heavy atom. The summed E-state index contributed by atoms with van der Waals surface area (Å²) in [7, 11) is 0. The lowest BCUT2D eigenvalue weighted by Crippen LogP contribution is -2.42. The van der Waals surface area contributed by atoms with Crippen molar-refractivity contribution in [2.24, 2.45) is 0 Å². The van der Waals surface area contributed by atoms with Crippen LogP contribution in [0.3, 0.4) is 0 Å². The van der Waals surface area contributed by atoms with E-state index >= 15 is 0 Å². The lowest BCUT2D eigenvalue weighted by Gasteiger charge is -2.27. The van der Waals surface area contributed by atoms with E-state index in [-0.39, 0.29) is 31.4 Å². The highest BCUT2D eigenvalue weighted by Crippen LogP contribution is 2.29. The summed E-state index contributed by atoms with van der Waals surface area (Å²) in [5, 5.41) is 9.17. The second-order valence-corrected chi connectivity index (χ2v) is 4.71. The van der Waals surface area contributed by atoms with Crippen LogP contribution in [-0.4, -0.2) is 34.8 Å². The molecule has 0 saturated heterocycles. The third kappa shape index (κ3) is 3.23. The highest BCUT2D eigenvalue weighted by molar-refractivity contribution is 5.69. The van der Waals surface area contributed by atoms with Gasteiger partial charge in [0.1, 0.15) is 6.61 Å². The summed E-state index contributed by atoms with van der Waals surface area (Å²) < 4.78 is 5.29. The molecule has 1 aliphatic carbocycles. The van der Waals surface area contributed by atoms with E-state index in [4.69, 9.17) is 9.84 Å². The van der Waals surface area contributed by atoms with Gasteiger partial charge in [-0.25, -0.2) is 4.79 Å². The maximum atomic E-state index is 12.0. The topological polar surface area (TPSA) is 49.8 Å². The van der Waals surface area contributed by atoms with Gasteiger partial charge in [0.05, 0.1) is 12.6 Å². The second-order valence-electron chi connectivity index (χ2n) is 4.71. The van der Waals surface area contributed by atoms with E-state index in [9.17, 15) is 4.79 Å². The number of amides is 1. The molecule has 1 unspecified atom stereocenters. The fraction of sp³-hybridized carbons (Fsp3) is 0.500. The van der Waals surface area contributed by atoms with Crippen LogP contribution in [0.25, 0.3) is 0 Å². The Hall–Kier alpha value is -1.55. The van der Waals surface area contributed by atoms with E-state index < -0.39 is 0 Å². The molecule has 1 aromatic rings. The summed E-state index contributed by atoms with van der Waals surface area (Å²) in [5.74, 6) is 0. The molecule has 0 radical (unpaired) electrons. The molecule has 1 N–H and O–H groups in total. The van der Waals surface area contributed by atoms with Gasteiger partial charge in [0.25, 0.3) is 0 Å². The minimum atomic E-state index is -0.331. The van der Waals surface area contributed by atoms with Crippen LogP contribution in [0.1, 0.15) is 25.3 Å². The van der Waals surface area contributed by atoms with Crippen molar-refractivity contribution in [1.82, 2.24) is 4.90 Å². The molecule has 18 heavy (non-hydrogen) atoms. The van der Waals surface area contributed by atoms with Gasteiger partial charge in [-0.15, -0.1) is 0 Å². The van der Waals surface area contributed by atoms with Gasteiger partial charge >= 0.3 is 6.09 Å². The molecule has 0 spiro atoms. The van der Waals surface area contributed by atoms with E-state index in [1.807, 2.05) is 37.3 Å². The van der Waals surface area contributed by atoms with Gasteiger partial charge in [-0.2, -0.15) is 0 Å². The molecule has 0 aliphatic heterocycles. The number of hydrogen-bond donors (Lipinski definition) is 1. The molecule has 98 valence electrons. The van der Waals surface area contributed by atoms with Crippen LogP contribution in [0.5, 0.6) is 0 Å². The molecule has 1 atom stereocenters. The summed E-state index contributed by atoms with van der Waals surface area (Å²) in [6.45, 7) is 2.08. The van der Waals surface area contributed by atoms with Crippen LogP contribution in [-0.2, 0) is 11.3 Å². The maximum Gasteiger partial charge on any atom is 0.410 e. The highest BCUT2D eigenvalue weighted by Gasteiger charge is 2.36. The largest absolute Gasteiger partial charge is 0.445 e. The molecule has 0 bridgehead atoms. The van der Waals surface area contributed by atoms with E-state index in [1.54, 1.807) is 4.90 Å². The van der Waals surface area contributed by atoms with E-state index in [0.717, 1.165) is 18.4 Å². The Kier molecular flexibility index (Phi) is 4.20. The van der Waals surface area contributed by atoms with Crippen LogP contribution in [0.15, 0.2) is 30.3 Å². The first-order chi connectivity index (χ1) is 8.72. The van der Waals surface area contributed by atoms with Gasteiger partial charge in [-0.3, -0.25) is 0 Å². The fourth-order valence-corrected chi connectivity index (χ4v) is 1.92. The van der Waals surface area contributed by atoms with Gasteiger partial charge in [0, 0.05) is 6.04 Å². The van der Waals surface area contributed by atoms with Crippen molar-refractivity contribution >= 4 is 6.09 Å². The van der Waals surface area contributed by atoms with Gasteiger partial charge in [0.15, 0.2) is 0 Å². The second kappa shape index (κ2) is 5.87. The Labute approximate surface area is 107 Å². The number of hydrogen-bond acceptors (Lipinski definition) is 3. The average molecular weight is 249 g/mol. The van der Waals surface area contributed by atoms with Crippen molar-refractivity contribution in [2.75, 3.05) is 6.61 Å². The van der Waals surface area contributed by atoms with Crippen molar-refractivity contribution in [3.63, 3.8) is 0 Å². The van der Waals surface area contributed by atoms with Gasteiger partial charge in [0.2, 0.25) is 0 Å². The number of aliphatic hydroxyl groups excluding tert-OH is 1. The van der Waals surface area contributed by atoms with Crippen molar-refractivity contribution in [3.8, 4) is 0 Å². The summed E-state index contributed by atoms with van der Waals surface area (Å²) in [6.07, 6.45) is 1.68. The summed E-state index contributed by atoms with van der Waals surface area (Å²) >= 11 is 0. The quantitative estimate of drug-likeness (QED) is 0.870. The summed E-state index contributed by atoms with van der Waals surface area (Å²) in [5.41, 5.74) is 0.971. The Balaban J connectivity index is 1.89. The lowest BCUT2D eigenvalue weighted by atomic mass is 10.2. The van der Waals surface area contributed by atoms with Gasteiger partial charge in [-0.05, 0) is 25.3 Å². The summed E-state index contributed by atoms with van der Waals surface area (Å²) in [6, 6.07) is 9.66. The van der Waals surface area contributed by atoms with Crippen LogP contribution in [0.4, 0.5) is 4.79 Å². The molecule has 2 rings (SSSR count). The summed E-state index contributed by atoms with van der Waals surface area (Å²) in [4.78, 5) is 13.6. The van der Waals surface area contributed by atoms with Crippen molar-refractivity contribution < 1.29 is 14.6 Å². The Morgan fingerprint density at radius 1 is 1.44 bits per heavy atom. The van der Waals surface area contributed by atoms with Crippen LogP contribution < -0.4 is 0 Å². The van der Waals surface area contributed by atoms with Crippen molar-refractivity contribution in [3.05, 3.63) is 35.9 Å². The maximum absolute atomic E-state index is 12.0. The van der Waals surface area contributed by atoms with Crippen molar-refractivity contribution in [1.29, 1.82) is 0 Å². The smallest absolute Gasteiger partial charge is 0.410 e. The lowest BCUT2D eigenvalue weighted by molar-refractivity contribution is 0.0652. The molecule has 0 heterocycles. The van der Waals surface area contributed by atoms with Crippen LogP contribution in [0.2, 0.25) is 0 Å². The van der Waals surface area contributed by atoms with Crippen LogP contribution in [0, 0.1) is 0 Å². The minimum absolute atomic E-state index is 0.0308. The molecule has 1 amide bonds. The molecule has 1 aliphatic rings. The molecule has 4 heteroatoms. The number of nitrogens with zero attached hydrogens (tertiary/aromatic N) is 1. The third-order valence-electron chi connectivity index (χ3n) is 3.10. The molecule has 1 aromatic carbocycles. The third-order valence-corrected chi connectivity index (χ3v) is 3.10. The number of carbonyl (C=O) groups excluding carboxylic acids is 1. The average Bonchev–Trinajstić information content (AvgIpc) is 3.22. The zero-order valence-electron chi connectivity index (χ0n) is 10.6. The van der Waals surface area contributed by atoms with Crippen LogP contribution >= 0.6 is 0 Å².